The molecular formula is C12H15BrN4. The maximum absolute atomic E-state index is 4.55. The number of halogens is 1. The number of hydrogen-bond acceptors (Lipinski definition) is 3. The zero-order valence-corrected chi connectivity index (χ0v) is 11.8. The van der Waals surface area contributed by atoms with Crippen LogP contribution in [0.2, 0.25) is 0 Å². The van der Waals surface area contributed by atoms with E-state index in [0.717, 1.165) is 28.4 Å². The highest BCUT2D eigenvalue weighted by Crippen LogP contribution is 2.16. The number of nitrogens with zero attached hydrogens (tertiary/aromatic N) is 4. The minimum absolute atomic E-state index is 0.327. The Balaban J connectivity index is 2.30. The van der Waals surface area contributed by atoms with E-state index in [4.69, 9.17) is 0 Å². The van der Waals surface area contributed by atoms with E-state index in [9.17, 15) is 0 Å². The molecule has 0 fully saturated rings. The molecule has 2 rings (SSSR count). The molecule has 0 amide bonds. The van der Waals surface area contributed by atoms with E-state index < -0.39 is 0 Å². The first-order chi connectivity index (χ1) is 8.06. The highest BCUT2D eigenvalue weighted by Gasteiger charge is 2.09. The Labute approximate surface area is 109 Å². The van der Waals surface area contributed by atoms with Crippen molar-refractivity contribution in [2.24, 2.45) is 7.05 Å². The summed E-state index contributed by atoms with van der Waals surface area (Å²) in [5, 5.41) is 0. The van der Waals surface area contributed by atoms with Crippen LogP contribution in [0.3, 0.4) is 0 Å². The lowest BCUT2D eigenvalue weighted by Crippen LogP contribution is -2.05. The van der Waals surface area contributed by atoms with Gasteiger partial charge < -0.3 is 4.57 Å². The standard InChI is InChI=1S/C12H15BrN4/c1-8(2)12-15-9(6-10(13)16-12)7-11-14-4-5-17(11)3/h4-6,8H,7H2,1-3H3. The predicted molar refractivity (Wildman–Crippen MR) is 69.8 cm³/mol. The molecule has 0 radical (unpaired) electrons. The van der Waals surface area contributed by atoms with Gasteiger partial charge in [0.05, 0.1) is 5.69 Å². The third-order valence-electron chi connectivity index (χ3n) is 2.54. The molecule has 0 aliphatic carbocycles. The second-order valence-electron chi connectivity index (χ2n) is 4.33. The van der Waals surface area contributed by atoms with Gasteiger partial charge in [0.15, 0.2) is 0 Å². The summed E-state index contributed by atoms with van der Waals surface area (Å²) in [6, 6.07) is 1.94. The molecule has 0 atom stereocenters. The lowest BCUT2D eigenvalue weighted by atomic mass is 10.2. The first kappa shape index (κ1) is 12.2. The van der Waals surface area contributed by atoms with Crippen LogP contribution in [0.4, 0.5) is 0 Å². The molecule has 4 nitrogen and oxygen atoms in total. The molecule has 0 aliphatic heterocycles. The lowest BCUT2D eigenvalue weighted by molar-refractivity contribution is 0.743. The van der Waals surface area contributed by atoms with Crippen LogP contribution < -0.4 is 0 Å². The zero-order valence-electron chi connectivity index (χ0n) is 10.2. The molecule has 90 valence electrons. The largest absolute Gasteiger partial charge is 0.338 e. The van der Waals surface area contributed by atoms with E-state index in [2.05, 4.69) is 44.7 Å². The molecule has 0 spiro atoms. The van der Waals surface area contributed by atoms with Crippen LogP contribution in [-0.2, 0) is 13.5 Å². The van der Waals surface area contributed by atoms with Crippen LogP contribution in [0.15, 0.2) is 23.1 Å². The molecule has 17 heavy (non-hydrogen) atoms. The van der Waals surface area contributed by atoms with E-state index in [1.54, 1.807) is 6.20 Å². The van der Waals surface area contributed by atoms with Gasteiger partial charge in [0.1, 0.15) is 16.3 Å². The van der Waals surface area contributed by atoms with Crippen molar-refractivity contribution < 1.29 is 0 Å². The van der Waals surface area contributed by atoms with Crippen molar-refractivity contribution >= 4 is 15.9 Å². The van der Waals surface area contributed by atoms with Gasteiger partial charge in [-0.1, -0.05) is 13.8 Å². The molecule has 0 unspecified atom stereocenters. The molecule has 0 aromatic carbocycles. The maximum atomic E-state index is 4.55. The summed E-state index contributed by atoms with van der Waals surface area (Å²) in [7, 11) is 1.99. The maximum Gasteiger partial charge on any atom is 0.132 e. The van der Waals surface area contributed by atoms with Gasteiger partial charge in [0.25, 0.3) is 0 Å². The summed E-state index contributed by atoms with van der Waals surface area (Å²) in [6.45, 7) is 4.18. The quantitative estimate of drug-likeness (QED) is 0.818. The van der Waals surface area contributed by atoms with Crippen molar-refractivity contribution in [3.8, 4) is 0 Å². The van der Waals surface area contributed by atoms with Gasteiger partial charge in [-0.05, 0) is 22.0 Å². The number of rotatable bonds is 3. The normalized spacial score (nSPS) is 11.1. The third kappa shape index (κ3) is 2.91. The summed E-state index contributed by atoms with van der Waals surface area (Å²) in [5.41, 5.74) is 0.991. The fraction of sp³-hybridized carbons (Fsp3) is 0.417. The topological polar surface area (TPSA) is 43.6 Å². The Morgan fingerprint density at radius 3 is 2.71 bits per heavy atom. The summed E-state index contributed by atoms with van der Waals surface area (Å²) >= 11 is 3.43. The monoisotopic (exact) mass is 294 g/mol. The van der Waals surface area contributed by atoms with Crippen LogP contribution in [-0.4, -0.2) is 19.5 Å². The molecule has 5 heteroatoms. The van der Waals surface area contributed by atoms with E-state index in [1.165, 1.54) is 0 Å². The molecule has 0 N–H and O–H groups in total. The van der Waals surface area contributed by atoms with Crippen molar-refractivity contribution in [3.63, 3.8) is 0 Å². The van der Waals surface area contributed by atoms with Crippen LogP contribution >= 0.6 is 15.9 Å². The summed E-state index contributed by atoms with van der Waals surface area (Å²) in [6.07, 6.45) is 4.47. The molecule has 0 saturated heterocycles. The van der Waals surface area contributed by atoms with Crippen LogP contribution in [0, 0.1) is 0 Å². The molecule has 0 saturated carbocycles. The van der Waals surface area contributed by atoms with Gasteiger partial charge in [0, 0.05) is 31.8 Å². The van der Waals surface area contributed by atoms with Gasteiger partial charge in [-0.25, -0.2) is 15.0 Å². The first-order valence-corrected chi connectivity index (χ1v) is 6.35. The van der Waals surface area contributed by atoms with E-state index in [1.807, 2.05) is 23.9 Å². The second-order valence-corrected chi connectivity index (χ2v) is 5.14. The molecular weight excluding hydrogens is 280 g/mol. The Hall–Kier alpha value is -1.23. The zero-order chi connectivity index (χ0) is 12.4. The van der Waals surface area contributed by atoms with Crippen LogP contribution in [0.1, 0.15) is 37.1 Å². The average Bonchev–Trinajstić information content (AvgIpc) is 2.63. The first-order valence-electron chi connectivity index (χ1n) is 5.56. The van der Waals surface area contributed by atoms with E-state index in [-0.39, 0.29) is 0 Å². The highest BCUT2D eigenvalue weighted by atomic mass is 79.9. The van der Waals surface area contributed by atoms with Crippen molar-refractivity contribution in [2.75, 3.05) is 0 Å². The van der Waals surface area contributed by atoms with Gasteiger partial charge in [-0.2, -0.15) is 0 Å². The van der Waals surface area contributed by atoms with Gasteiger partial charge in [-0.3, -0.25) is 0 Å². The smallest absolute Gasteiger partial charge is 0.132 e. The SMILES string of the molecule is CC(C)c1nc(Br)cc(Cc2nccn2C)n1. The van der Waals surface area contributed by atoms with Crippen molar-refractivity contribution in [1.29, 1.82) is 0 Å². The van der Waals surface area contributed by atoms with Gasteiger partial charge in [-0.15, -0.1) is 0 Å². The Bertz CT molecular complexity index is 519. The lowest BCUT2D eigenvalue weighted by Gasteiger charge is -2.07. The summed E-state index contributed by atoms with van der Waals surface area (Å²) < 4.78 is 2.84. The Morgan fingerprint density at radius 2 is 2.12 bits per heavy atom. The number of imidazole rings is 1. The van der Waals surface area contributed by atoms with E-state index >= 15 is 0 Å². The Kier molecular flexibility index (Phi) is 3.57. The van der Waals surface area contributed by atoms with Gasteiger partial charge in [0.2, 0.25) is 0 Å². The molecule has 2 aromatic rings. The minimum Gasteiger partial charge on any atom is -0.338 e. The summed E-state index contributed by atoms with van der Waals surface area (Å²) in [5.74, 6) is 2.20. The average molecular weight is 295 g/mol. The van der Waals surface area contributed by atoms with Crippen LogP contribution in [0.5, 0.6) is 0 Å². The molecule has 2 aromatic heterocycles. The Morgan fingerprint density at radius 1 is 1.35 bits per heavy atom. The van der Waals surface area contributed by atoms with Crippen molar-refractivity contribution in [2.45, 2.75) is 26.2 Å². The fourth-order valence-corrected chi connectivity index (χ4v) is 2.01. The third-order valence-corrected chi connectivity index (χ3v) is 2.95. The minimum atomic E-state index is 0.327. The molecule has 2 heterocycles. The predicted octanol–water partition coefficient (Wildman–Crippen LogP) is 2.69. The van der Waals surface area contributed by atoms with Crippen LogP contribution in [0.25, 0.3) is 0 Å². The second kappa shape index (κ2) is 4.96. The molecule has 0 aliphatic rings. The number of aromatic nitrogens is 4. The van der Waals surface area contributed by atoms with Crippen molar-refractivity contribution in [1.82, 2.24) is 19.5 Å². The summed E-state index contributed by atoms with van der Waals surface area (Å²) in [4.78, 5) is 13.2. The highest BCUT2D eigenvalue weighted by molar-refractivity contribution is 9.10. The number of aryl methyl sites for hydroxylation is 1. The molecule has 0 bridgehead atoms. The van der Waals surface area contributed by atoms with Crippen molar-refractivity contribution in [3.05, 3.63) is 40.4 Å². The van der Waals surface area contributed by atoms with E-state index in [0.29, 0.717) is 5.92 Å². The fourth-order valence-electron chi connectivity index (χ4n) is 1.56. The number of hydrogen-bond donors (Lipinski definition) is 0. The van der Waals surface area contributed by atoms with Gasteiger partial charge >= 0.3 is 0 Å².